The summed E-state index contributed by atoms with van der Waals surface area (Å²) in [7, 11) is 3.20. The van der Waals surface area contributed by atoms with Crippen LogP contribution in [0.15, 0.2) is 85.3 Å². The Labute approximate surface area is 246 Å². The summed E-state index contributed by atoms with van der Waals surface area (Å²) >= 11 is 0. The third-order valence-electron chi connectivity index (χ3n) is 7.86. The van der Waals surface area contributed by atoms with Gasteiger partial charge in [0.15, 0.2) is 5.41 Å². The van der Waals surface area contributed by atoms with Crippen molar-refractivity contribution in [3.05, 3.63) is 96.4 Å². The highest BCUT2D eigenvalue weighted by Crippen LogP contribution is 2.48. The van der Waals surface area contributed by atoms with Crippen LogP contribution < -0.4 is 9.64 Å². The van der Waals surface area contributed by atoms with Gasteiger partial charge in [-0.2, -0.15) is 5.26 Å². The Morgan fingerprint density at radius 2 is 1.69 bits per heavy atom. The zero-order chi connectivity index (χ0) is 29.4. The zero-order valence-electron chi connectivity index (χ0n) is 24.0. The van der Waals surface area contributed by atoms with Crippen molar-refractivity contribution in [3.63, 3.8) is 0 Å². The van der Waals surface area contributed by atoms with E-state index in [0.29, 0.717) is 38.5 Å². The molecule has 2 atom stereocenters. The lowest BCUT2D eigenvalue weighted by Crippen LogP contribution is -2.56. The molecule has 9 nitrogen and oxygen atoms in total. The number of hydrogen-bond acceptors (Lipinski definition) is 8. The lowest BCUT2D eigenvalue weighted by atomic mass is 9.67. The van der Waals surface area contributed by atoms with E-state index in [1.54, 1.807) is 37.7 Å². The minimum Gasteiger partial charge on any atom is -0.496 e. The van der Waals surface area contributed by atoms with E-state index >= 15 is 0 Å². The molecule has 0 bridgehead atoms. The number of methoxy groups -OCH3 is 2. The first kappa shape index (κ1) is 29.0. The van der Waals surface area contributed by atoms with Gasteiger partial charge < -0.3 is 24.0 Å². The second kappa shape index (κ2) is 13.4. The van der Waals surface area contributed by atoms with Gasteiger partial charge in [-0.05, 0) is 22.4 Å². The monoisotopic (exact) mass is 565 g/mol. The maximum atomic E-state index is 14.8. The second-order valence-corrected chi connectivity index (χ2v) is 10.2. The summed E-state index contributed by atoms with van der Waals surface area (Å²) in [5, 5.41) is 13.1. The van der Waals surface area contributed by atoms with Crippen molar-refractivity contribution >= 4 is 22.5 Å². The van der Waals surface area contributed by atoms with E-state index in [4.69, 9.17) is 14.2 Å². The Morgan fingerprint density at radius 3 is 2.43 bits per heavy atom. The van der Waals surface area contributed by atoms with Gasteiger partial charge in [0.2, 0.25) is 5.91 Å². The van der Waals surface area contributed by atoms with Crippen LogP contribution in [0.2, 0.25) is 0 Å². The summed E-state index contributed by atoms with van der Waals surface area (Å²) in [6.45, 7) is 2.51. The highest BCUT2D eigenvalue weighted by atomic mass is 16.5. The molecule has 1 aliphatic heterocycles. The number of anilines is 1. The number of nitriles is 1. The third kappa shape index (κ3) is 5.77. The van der Waals surface area contributed by atoms with Crippen molar-refractivity contribution < 1.29 is 19.0 Å². The number of para-hydroxylation sites is 1. The van der Waals surface area contributed by atoms with Gasteiger partial charge in [-0.15, -0.1) is 0 Å². The average Bonchev–Trinajstić information content (AvgIpc) is 3.06. The Hall–Kier alpha value is -4.52. The highest BCUT2D eigenvalue weighted by Gasteiger charge is 2.52. The molecule has 1 saturated heterocycles. The second-order valence-electron chi connectivity index (χ2n) is 10.2. The third-order valence-corrected chi connectivity index (χ3v) is 7.86. The topological polar surface area (TPSA) is 101 Å². The summed E-state index contributed by atoms with van der Waals surface area (Å²) < 4.78 is 17.1. The van der Waals surface area contributed by atoms with E-state index in [9.17, 15) is 10.1 Å². The van der Waals surface area contributed by atoms with E-state index < -0.39 is 11.3 Å². The van der Waals surface area contributed by atoms with Crippen molar-refractivity contribution in [2.75, 3.05) is 65.1 Å². The molecule has 0 spiro atoms. The first-order valence-electron chi connectivity index (χ1n) is 14.0. The maximum absolute atomic E-state index is 14.8. The van der Waals surface area contributed by atoms with E-state index in [2.05, 4.69) is 20.9 Å². The standard InChI is InChI=1S/C33H35N5O4/c1-40-20-21-42-24-33(23-34,32(39)38-18-16-37(17-19-38)30-22-35-14-15-36-30)31(28-11-5-6-13-29(28)41-2)27-12-7-9-25-8-3-4-10-26(25)27/h3-15,22,31H,16-21,24H2,1-2H3. The molecule has 2 heterocycles. The van der Waals surface area contributed by atoms with Crippen LogP contribution in [0.3, 0.4) is 0 Å². The minimum absolute atomic E-state index is 0.109. The molecular weight excluding hydrogens is 530 g/mol. The van der Waals surface area contributed by atoms with Gasteiger partial charge in [0.1, 0.15) is 11.6 Å². The molecule has 4 aromatic rings. The van der Waals surface area contributed by atoms with Crippen LogP contribution in [0.4, 0.5) is 5.82 Å². The van der Waals surface area contributed by atoms with E-state index in [1.807, 2.05) is 66.7 Å². The van der Waals surface area contributed by atoms with Crippen molar-refractivity contribution in [1.82, 2.24) is 14.9 Å². The van der Waals surface area contributed by atoms with Crippen molar-refractivity contribution in [2.24, 2.45) is 5.41 Å². The molecule has 2 unspecified atom stereocenters. The van der Waals surface area contributed by atoms with Crippen molar-refractivity contribution in [3.8, 4) is 11.8 Å². The van der Waals surface area contributed by atoms with Crippen LogP contribution in [0, 0.1) is 16.7 Å². The Kier molecular flexibility index (Phi) is 9.27. The quantitative estimate of drug-likeness (QED) is 0.248. The molecule has 9 heteroatoms. The summed E-state index contributed by atoms with van der Waals surface area (Å²) in [4.78, 5) is 27.3. The molecule has 1 amide bonds. The Bertz CT molecular complexity index is 1530. The molecule has 0 radical (unpaired) electrons. The van der Waals surface area contributed by atoms with Crippen LogP contribution >= 0.6 is 0 Å². The first-order chi connectivity index (χ1) is 20.6. The van der Waals surface area contributed by atoms with Gasteiger partial charge in [0, 0.05) is 57.2 Å². The Morgan fingerprint density at radius 1 is 0.952 bits per heavy atom. The van der Waals surface area contributed by atoms with E-state index in [1.165, 1.54) is 0 Å². The van der Waals surface area contributed by atoms with Crippen LogP contribution in [0.5, 0.6) is 5.75 Å². The van der Waals surface area contributed by atoms with Gasteiger partial charge in [-0.3, -0.25) is 9.78 Å². The van der Waals surface area contributed by atoms with Gasteiger partial charge >= 0.3 is 0 Å². The lowest BCUT2D eigenvalue weighted by molar-refractivity contribution is -0.143. The number of ether oxygens (including phenoxy) is 3. The molecule has 0 aliphatic carbocycles. The van der Waals surface area contributed by atoms with E-state index in [0.717, 1.165) is 27.7 Å². The lowest BCUT2D eigenvalue weighted by Gasteiger charge is -2.42. The predicted octanol–water partition coefficient (Wildman–Crippen LogP) is 4.29. The van der Waals surface area contributed by atoms with Crippen LogP contribution in [-0.2, 0) is 14.3 Å². The summed E-state index contributed by atoms with van der Waals surface area (Å²) in [6, 6.07) is 24.1. The number of fused-ring (bicyclic) bond motifs is 1. The molecule has 0 N–H and O–H groups in total. The molecule has 3 aromatic carbocycles. The number of hydrogen-bond donors (Lipinski definition) is 0. The summed E-state index contributed by atoms with van der Waals surface area (Å²) in [5.41, 5.74) is 0.0159. The summed E-state index contributed by atoms with van der Waals surface area (Å²) in [5.74, 6) is 0.414. The molecule has 1 fully saturated rings. The largest absolute Gasteiger partial charge is 0.496 e. The zero-order valence-corrected chi connectivity index (χ0v) is 24.0. The number of benzene rings is 3. The Balaban J connectivity index is 1.62. The molecule has 42 heavy (non-hydrogen) atoms. The maximum Gasteiger partial charge on any atom is 0.246 e. The van der Waals surface area contributed by atoms with Crippen molar-refractivity contribution in [2.45, 2.75) is 5.92 Å². The first-order valence-corrected chi connectivity index (χ1v) is 14.0. The molecule has 1 aromatic heterocycles. The number of nitrogens with zero attached hydrogens (tertiary/aromatic N) is 5. The smallest absolute Gasteiger partial charge is 0.246 e. The fourth-order valence-electron chi connectivity index (χ4n) is 5.77. The SMILES string of the molecule is COCCOCC(C#N)(C(=O)N1CCN(c2cnccn2)CC1)C(c1ccccc1OC)c1cccc2ccccc12. The number of aromatic nitrogens is 2. The van der Waals surface area contributed by atoms with E-state index in [-0.39, 0.29) is 19.1 Å². The number of rotatable bonds is 11. The molecule has 0 saturated carbocycles. The number of amides is 1. The molecule has 216 valence electrons. The summed E-state index contributed by atoms with van der Waals surface area (Å²) in [6.07, 6.45) is 5.02. The van der Waals surface area contributed by atoms with Gasteiger partial charge in [0.25, 0.3) is 0 Å². The predicted molar refractivity (Wildman–Crippen MR) is 160 cm³/mol. The minimum atomic E-state index is -1.60. The number of piperazine rings is 1. The van der Waals surface area contributed by atoms with Gasteiger partial charge in [-0.1, -0.05) is 60.7 Å². The number of carbonyl (C=O) groups is 1. The molecule has 5 rings (SSSR count). The molecular formula is C33H35N5O4. The number of carbonyl (C=O) groups excluding carboxylic acids is 1. The highest BCUT2D eigenvalue weighted by molar-refractivity contribution is 5.92. The fraction of sp³-hybridized carbons (Fsp3) is 0.333. The normalized spacial score (nSPS) is 15.5. The fourth-order valence-corrected chi connectivity index (χ4v) is 5.77. The van der Waals surface area contributed by atoms with Crippen LogP contribution in [0.25, 0.3) is 10.8 Å². The van der Waals surface area contributed by atoms with Crippen LogP contribution in [-0.4, -0.2) is 81.0 Å². The van der Waals surface area contributed by atoms with Gasteiger partial charge in [0.05, 0.1) is 39.2 Å². The van der Waals surface area contributed by atoms with Crippen LogP contribution in [0.1, 0.15) is 17.0 Å². The molecule has 1 aliphatic rings. The van der Waals surface area contributed by atoms with Crippen molar-refractivity contribution in [1.29, 1.82) is 5.26 Å². The van der Waals surface area contributed by atoms with Gasteiger partial charge in [-0.25, -0.2) is 4.98 Å². The average molecular weight is 566 g/mol.